The predicted molar refractivity (Wildman–Crippen MR) is 56.4 cm³/mol. The Balaban J connectivity index is 2.40. The van der Waals surface area contributed by atoms with E-state index in [9.17, 15) is 4.39 Å². The van der Waals surface area contributed by atoms with Crippen molar-refractivity contribution in [3.63, 3.8) is 0 Å². The summed E-state index contributed by atoms with van der Waals surface area (Å²) >= 11 is 11.5. The Hall–Kier alpha value is -0.310. The van der Waals surface area contributed by atoms with Crippen molar-refractivity contribution >= 4 is 23.2 Å². The Kier molecular flexibility index (Phi) is 2.96. The van der Waals surface area contributed by atoms with Crippen LogP contribution in [0, 0.1) is 5.82 Å². The van der Waals surface area contributed by atoms with E-state index in [0.717, 1.165) is 19.4 Å². The van der Waals surface area contributed by atoms with E-state index in [-0.39, 0.29) is 16.9 Å². The van der Waals surface area contributed by atoms with Gasteiger partial charge in [-0.15, -0.1) is 0 Å². The quantitative estimate of drug-likeness (QED) is 0.732. The van der Waals surface area contributed by atoms with E-state index >= 15 is 0 Å². The molecule has 0 bridgehead atoms. The van der Waals surface area contributed by atoms with Crippen LogP contribution in [0.2, 0.25) is 10.0 Å². The molecule has 1 heterocycles. The zero-order chi connectivity index (χ0) is 10.1. The van der Waals surface area contributed by atoms with Gasteiger partial charge in [-0.1, -0.05) is 23.2 Å². The molecule has 2 rings (SSSR count). The van der Waals surface area contributed by atoms with Crippen LogP contribution in [-0.4, -0.2) is 6.54 Å². The Morgan fingerprint density at radius 3 is 2.79 bits per heavy atom. The number of nitrogens with one attached hydrogen (secondary N) is 1. The zero-order valence-corrected chi connectivity index (χ0v) is 9.00. The summed E-state index contributed by atoms with van der Waals surface area (Å²) in [6.45, 7) is 0.925. The summed E-state index contributed by atoms with van der Waals surface area (Å²) in [5.41, 5.74) is 0.583. The van der Waals surface area contributed by atoms with Gasteiger partial charge in [0, 0.05) is 16.6 Å². The minimum absolute atomic E-state index is 0.0613. The fraction of sp³-hybridized carbons (Fsp3) is 0.400. The Morgan fingerprint density at radius 2 is 2.14 bits per heavy atom. The highest BCUT2D eigenvalue weighted by molar-refractivity contribution is 6.34. The summed E-state index contributed by atoms with van der Waals surface area (Å²) in [6, 6.07) is 3.13. The van der Waals surface area contributed by atoms with Gasteiger partial charge in [0.25, 0.3) is 0 Å². The molecular formula is C10H10Cl2FN. The molecule has 1 fully saturated rings. The van der Waals surface area contributed by atoms with Gasteiger partial charge in [0.15, 0.2) is 0 Å². The van der Waals surface area contributed by atoms with Crippen molar-refractivity contribution in [3.8, 4) is 0 Å². The molecule has 1 aliphatic heterocycles. The van der Waals surface area contributed by atoms with Gasteiger partial charge in [0.2, 0.25) is 0 Å². The lowest BCUT2D eigenvalue weighted by Crippen LogP contribution is -2.14. The molecule has 1 aromatic rings. The zero-order valence-electron chi connectivity index (χ0n) is 7.49. The highest BCUT2D eigenvalue weighted by Gasteiger charge is 2.21. The van der Waals surface area contributed by atoms with Gasteiger partial charge in [0.05, 0.1) is 5.02 Å². The smallest absolute Gasteiger partial charge is 0.146 e. The van der Waals surface area contributed by atoms with Crippen molar-refractivity contribution in [3.05, 3.63) is 33.6 Å². The summed E-state index contributed by atoms with van der Waals surface area (Å²) in [5, 5.41) is 3.80. The van der Waals surface area contributed by atoms with Gasteiger partial charge < -0.3 is 5.32 Å². The number of hydrogen-bond acceptors (Lipinski definition) is 1. The first-order valence-electron chi connectivity index (χ1n) is 4.56. The first-order chi connectivity index (χ1) is 6.68. The Bertz CT molecular complexity index is 348. The van der Waals surface area contributed by atoms with Crippen LogP contribution in [0.3, 0.4) is 0 Å². The van der Waals surface area contributed by atoms with Crippen LogP contribution in [0.4, 0.5) is 4.39 Å². The van der Waals surface area contributed by atoms with E-state index in [1.165, 1.54) is 6.07 Å². The summed E-state index contributed by atoms with van der Waals surface area (Å²) < 4.78 is 13.6. The first-order valence-corrected chi connectivity index (χ1v) is 5.32. The second-order valence-corrected chi connectivity index (χ2v) is 4.28. The largest absolute Gasteiger partial charge is 0.310 e. The maximum absolute atomic E-state index is 13.6. The molecule has 4 heteroatoms. The van der Waals surface area contributed by atoms with Gasteiger partial charge in [-0.25, -0.2) is 4.39 Å². The lowest BCUT2D eigenvalue weighted by atomic mass is 10.0. The fourth-order valence-electron chi connectivity index (χ4n) is 1.78. The molecule has 14 heavy (non-hydrogen) atoms. The van der Waals surface area contributed by atoms with E-state index in [1.807, 2.05) is 0 Å². The van der Waals surface area contributed by atoms with E-state index in [1.54, 1.807) is 6.07 Å². The molecule has 1 nitrogen and oxygen atoms in total. The minimum atomic E-state index is -0.351. The van der Waals surface area contributed by atoms with Crippen molar-refractivity contribution in [2.75, 3.05) is 6.54 Å². The normalized spacial score (nSPS) is 21.5. The lowest BCUT2D eigenvalue weighted by molar-refractivity contribution is 0.559. The van der Waals surface area contributed by atoms with Gasteiger partial charge in [-0.2, -0.15) is 0 Å². The standard InChI is InChI=1S/C10H10Cl2FN/c11-6-4-7(9-2-1-3-14-9)10(13)8(12)5-6/h4-5,9,14H,1-3H2/t9-/m0/s1. The predicted octanol–water partition coefficient (Wildman–Crippen LogP) is 3.56. The minimum Gasteiger partial charge on any atom is -0.310 e. The maximum Gasteiger partial charge on any atom is 0.146 e. The van der Waals surface area contributed by atoms with Crippen molar-refractivity contribution in [1.82, 2.24) is 5.32 Å². The van der Waals surface area contributed by atoms with Crippen molar-refractivity contribution < 1.29 is 4.39 Å². The Morgan fingerprint density at radius 1 is 1.36 bits per heavy atom. The highest BCUT2D eigenvalue weighted by atomic mass is 35.5. The summed E-state index contributed by atoms with van der Waals surface area (Å²) in [4.78, 5) is 0. The van der Waals surface area contributed by atoms with Crippen molar-refractivity contribution in [2.45, 2.75) is 18.9 Å². The van der Waals surface area contributed by atoms with Crippen molar-refractivity contribution in [2.24, 2.45) is 0 Å². The monoisotopic (exact) mass is 233 g/mol. The number of rotatable bonds is 1. The van der Waals surface area contributed by atoms with Crippen LogP contribution in [0.1, 0.15) is 24.4 Å². The molecule has 0 saturated carbocycles. The summed E-state index contributed by atoms with van der Waals surface area (Å²) in [6.07, 6.45) is 2.00. The van der Waals surface area contributed by atoms with E-state index in [4.69, 9.17) is 23.2 Å². The summed E-state index contributed by atoms with van der Waals surface area (Å²) in [5.74, 6) is -0.351. The van der Waals surface area contributed by atoms with Crippen LogP contribution in [-0.2, 0) is 0 Å². The van der Waals surface area contributed by atoms with Gasteiger partial charge in [-0.05, 0) is 31.5 Å². The molecule has 0 amide bonds. The highest BCUT2D eigenvalue weighted by Crippen LogP contribution is 2.31. The molecule has 0 aromatic heterocycles. The molecular weight excluding hydrogens is 224 g/mol. The average Bonchev–Trinajstić information content (AvgIpc) is 2.63. The van der Waals surface area contributed by atoms with E-state index in [0.29, 0.717) is 10.6 Å². The molecule has 0 aliphatic carbocycles. The van der Waals surface area contributed by atoms with Crippen LogP contribution in [0.25, 0.3) is 0 Å². The third kappa shape index (κ3) is 1.88. The number of hydrogen-bond donors (Lipinski definition) is 1. The van der Waals surface area contributed by atoms with Gasteiger partial charge in [0.1, 0.15) is 5.82 Å². The third-order valence-corrected chi connectivity index (χ3v) is 2.95. The molecule has 1 atom stereocenters. The SMILES string of the molecule is Fc1c(Cl)cc(Cl)cc1[C@@H]1CCCN1. The molecule has 1 aromatic carbocycles. The third-order valence-electron chi connectivity index (χ3n) is 2.46. The van der Waals surface area contributed by atoms with E-state index < -0.39 is 0 Å². The summed E-state index contributed by atoms with van der Waals surface area (Å²) in [7, 11) is 0. The molecule has 0 spiro atoms. The number of halogens is 3. The van der Waals surface area contributed by atoms with Crippen LogP contribution in [0.5, 0.6) is 0 Å². The molecule has 1 aliphatic rings. The van der Waals surface area contributed by atoms with Crippen LogP contribution < -0.4 is 5.32 Å². The Labute approximate surface area is 92.2 Å². The van der Waals surface area contributed by atoms with Gasteiger partial charge in [-0.3, -0.25) is 0 Å². The maximum atomic E-state index is 13.6. The lowest BCUT2D eigenvalue weighted by Gasteiger charge is -2.12. The molecule has 76 valence electrons. The van der Waals surface area contributed by atoms with E-state index in [2.05, 4.69) is 5.32 Å². The first kappa shape index (κ1) is 10.2. The van der Waals surface area contributed by atoms with Crippen LogP contribution >= 0.6 is 23.2 Å². The van der Waals surface area contributed by atoms with Gasteiger partial charge >= 0.3 is 0 Å². The second kappa shape index (κ2) is 4.05. The van der Waals surface area contributed by atoms with Crippen molar-refractivity contribution in [1.29, 1.82) is 0 Å². The topological polar surface area (TPSA) is 12.0 Å². The van der Waals surface area contributed by atoms with Crippen LogP contribution in [0.15, 0.2) is 12.1 Å². The molecule has 0 radical (unpaired) electrons. The molecule has 1 saturated heterocycles. The average molecular weight is 234 g/mol. The number of benzene rings is 1. The second-order valence-electron chi connectivity index (χ2n) is 3.44. The molecule has 1 N–H and O–H groups in total. The fourth-order valence-corrected chi connectivity index (χ4v) is 2.29. The molecule has 0 unspecified atom stereocenters.